The third kappa shape index (κ3) is 5.69. The Morgan fingerprint density at radius 3 is 2.70 bits per heavy atom. The number of rotatable bonds is 10. The molecule has 2 aliphatic heterocycles. The number of fused-ring (bicyclic) bond motifs is 1. The van der Waals surface area contributed by atoms with E-state index in [4.69, 9.17) is 9.94 Å². The molecule has 1 saturated heterocycles. The van der Waals surface area contributed by atoms with Crippen LogP contribution in [0.1, 0.15) is 19.2 Å². The Morgan fingerprint density at radius 2 is 2.03 bits per heavy atom. The fourth-order valence-electron chi connectivity index (χ4n) is 3.62. The molecule has 16 heteroatoms. The molecule has 4 rings (SSSR count). The van der Waals surface area contributed by atoms with Crippen molar-refractivity contribution in [1.82, 2.24) is 19.6 Å². The molecule has 4 N–H and O–H groups in total. The Labute approximate surface area is 218 Å². The van der Waals surface area contributed by atoms with Gasteiger partial charge in [0.25, 0.3) is 11.8 Å². The van der Waals surface area contributed by atoms with E-state index in [9.17, 15) is 24.3 Å². The summed E-state index contributed by atoms with van der Waals surface area (Å²) in [4.78, 5) is 59.3. The molecule has 0 aromatic carbocycles. The number of aliphatic carboxylic acids is 1. The van der Waals surface area contributed by atoms with E-state index in [2.05, 4.69) is 19.8 Å². The molecule has 2 aromatic heterocycles. The Balaban J connectivity index is 1.52. The van der Waals surface area contributed by atoms with Gasteiger partial charge in [-0.2, -0.15) is 9.36 Å². The molecule has 2 aliphatic rings. The first-order valence-corrected chi connectivity index (χ1v) is 12.8. The van der Waals surface area contributed by atoms with E-state index < -0.39 is 35.3 Å². The van der Waals surface area contributed by atoms with Crippen LogP contribution in [0.2, 0.25) is 0 Å². The Bertz CT molecular complexity index is 1280. The number of pyridine rings is 1. The van der Waals surface area contributed by atoms with Crippen molar-refractivity contribution in [3.05, 3.63) is 47.7 Å². The largest absolute Gasteiger partial charge is 0.477 e. The predicted molar refractivity (Wildman–Crippen MR) is 131 cm³/mol. The van der Waals surface area contributed by atoms with Crippen LogP contribution in [0.3, 0.4) is 0 Å². The summed E-state index contributed by atoms with van der Waals surface area (Å²) in [6, 6.07) is 4.48. The lowest BCUT2D eigenvalue weighted by molar-refractivity contribution is -0.689. The molecular weight excluding hydrogens is 526 g/mol. The third-order valence-corrected chi connectivity index (χ3v) is 7.18. The number of nitrogens with one attached hydrogen (secondary N) is 2. The zero-order valence-corrected chi connectivity index (χ0v) is 21.0. The summed E-state index contributed by atoms with van der Waals surface area (Å²) in [7, 11) is 0. The van der Waals surface area contributed by atoms with Gasteiger partial charge in [-0.05, 0) is 6.42 Å². The fourth-order valence-corrected chi connectivity index (χ4v) is 5.52. The number of β-lactam (4-membered cyclic amide) rings is 1. The van der Waals surface area contributed by atoms with Gasteiger partial charge in [-0.1, -0.05) is 18.1 Å². The van der Waals surface area contributed by atoms with Crippen LogP contribution in [-0.2, 0) is 25.8 Å². The zero-order chi connectivity index (χ0) is 26.5. The number of hydrogen-bond acceptors (Lipinski definition) is 10. The quantitative estimate of drug-likeness (QED) is 0.107. The molecule has 2 aromatic rings. The number of anilines is 1. The third-order valence-electron chi connectivity index (χ3n) is 5.21. The highest BCUT2D eigenvalue weighted by Gasteiger charge is 2.54. The lowest BCUT2D eigenvalue weighted by Crippen LogP contribution is -2.71. The number of carbonyl (C=O) groups excluding carboxylic acids is 2. The van der Waals surface area contributed by atoms with Crippen LogP contribution in [0, 0.1) is 0 Å². The number of nitrogens with zero attached hydrogens (tertiary/aromatic N) is 5. The average molecular weight is 549 g/mol. The smallest absolute Gasteiger partial charge is 0.411 e. The molecule has 1 fully saturated rings. The van der Waals surface area contributed by atoms with Crippen molar-refractivity contribution in [2.24, 2.45) is 5.16 Å². The van der Waals surface area contributed by atoms with E-state index >= 15 is 0 Å². The van der Waals surface area contributed by atoms with E-state index in [1.165, 1.54) is 16.7 Å². The fraction of sp³-hybridized carbons (Fsp3) is 0.333. The van der Waals surface area contributed by atoms with Crippen molar-refractivity contribution in [2.75, 3.05) is 17.7 Å². The molecule has 0 aliphatic carbocycles. The molecule has 2 atom stereocenters. The minimum Gasteiger partial charge on any atom is -0.477 e. The van der Waals surface area contributed by atoms with Crippen LogP contribution in [0.5, 0.6) is 0 Å². The normalized spacial score (nSPS) is 19.1. The highest BCUT2D eigenvalue weighted by Crippen LogP contribution is 2.40. The molecule has 14 nitrogen and oxygen atoms in total. The van der Waals surface area contributed by atoms with Gasteiger partial charge in [0, 0.05) is 35.0 Å². The minimum atomic E-state index is -1.35. The number of hydrogen-bond donors (Lipinski definition) is 4. The number of aromatic nitrogens is 3. The second-order valence-corrected chi connectivity index (χ2v) is 9.65. The second kappa shape index (κ2) is 11.3. The Hall–Kier alpha value is -4.05. The molecule has 194 valence electrons. The molecule has 0 bridgehead atoms. The van der Waals surface area contributed by atoms with Crippen molar-refractivity contribution in [2.45, 2.75) is 31.3 Å². The Morgan fingerprint density at radius 1 is 1.27 bits per heavy atom. The number of carboxylic acid groups (broad SMARTS) is 2. The van der Waals surface area contributed by atoms with Crippen LogP contribution in [0.4, 0.5) is 9.93 Å². The van der Waals surface area contributed by atoms with Crippen LogP contribution in [-0.4, -0.2) is 77.8 Å². The number of carboxylic acids is 1. The maximum Gasteiger partial charge on any atom is 0.411 e. The number of amides is 3. The van der Waals surface area contributed by atoms with Crippen molar-refractivity contribution < 1.29 is 38.8 Å². The molecule has 0 saturated carbocycles. The van der Waals surface area contributed by atoms with Gasteiger partial charge in [0.15, 0.2) is 18.9 Å². The predicted octanol–water partition coefficient (Wildman–Crippen LogP) is 0.485. The van der Waals surface area contributed by atoms with Gasteiger partial charge < -0.3 is 20.4 Å². The average Bonchev–Trinajstić information content (AvgIpc) is 3.32. The maximum atomic E-state index is 13.1. The highest BCUT2D eigenvalue weighted by atomic mass is 32.2. The van der Waals surface area contributed by atoms with E-state index in [0.717, 1.165) is 0 Å². The van der Waals surface area contributed by atoms with E-state index in [1.807, 2.05) is 35.0 Å². The molecule has 1 unspecified atom stereocenters. The number of carbonyl (C=O) groups is 4. The summed E-state index contributed by atoms with van der Waals surface area (Å²) in [6.07, 6.45) is 2.86. The van der Waals surface area contributed by atoms with Crippen LogP contribution in [0.15, 0.2) is 47.0 Å². The van der Waals surface area contributed by atoms with Crippen molar-refractivity contribution in [3.63, 3.8) is 0 Å². The topological polar surface area (TPSA) is 187 Å². The van der Waals surface area contributed by atoms with Crippen LogP contribution in [0.25, 0.3) is 0 Å². The SMILES string of the molecule is CCCON=C(C(=O)NC1C(=O)N2C(C(=O)O)=C(C[n+]3ccccc3)CS[C@H]12)c1nsc(NC(=O)O)n1. The molecule has 4 heterocycles. The zero-order valence-electron chi connectivity index (χ0n) is 19.4. The summed E-state index contributed by atoms with van der Waals surface area (Å²) < 4.78 is 5.77. The summed E-state index contributed by atoms with van der Waals surface area (Å²) >= 11 is 2.04. The van der Waals surface area contributed by atoms with Crippen molar-refractivity contribution in [3.8, 4) is 0 Å². The van der Waals surface area contributed by atoms with E-state index in [0.29, 0.717) is 35.8 Å². The van der Waals surface area contributed by atoms with Crippen molar-refractivity contribution in [1.29, 1.82) is 0 Å². The molecule has 37 heavy (non-hydrogen) atoms. The number of oxime groups is 1. The second-order valence-electron chi connectivity index (χ2n) is 7.79. The van der Waals surface area contributed by atoms with Gasteiger partial charge in [-0.25, -0.2) is 14.2 Å². The van der Waals surface area contributed by atoms with Crippen LogP contribution < -0.4 is 15.2 Å². The lowest BCUT2D eigenvalue weighted by Gasteiger charge is -2.49. The van der Waals surface area contributed by atoms with E-state index in [-0.39, 0.29) is 29.0 Å². The minimum absolute atomic E-state index is 0.0766. The van der Waals surface area contributed by atoms with Gasteiger partial charge in [-0.15, -0.1) is 11.8 Å². The van der Waals surface area contributed by atoms with Gasteiger partial charge >= 0.3 is 12.1 Å². The summed E-state index contributed by atoms with van der Waals surface area (Å²) in [5, 5.41) is 26.4. The number of thioether (sulfide) groups is 1. The van der Waals surface area contributed by atoms with Gasteiger partial charge in [-0.3, -0.25) is 19.8 Å². The molecule has 0 radical (unpaired) electrons. The monoisotopic (exact) mass is 548 g/mol. The first-order chi connectivity index (χ1) is 17.8. The lowest BCUT2D eigenvalue weighted by atomic mass is 10.0. The Kier molecular flexibility index (Phi) is 7.98. The molecular formula is C21H22N7O7S2+. The van der Waals surface area contributed by atoms with Gasteiger partial charge in [0.2, 0.25) is 16.7 Å². The summed E-state index contributed by atoms with van der Waals surface area (Å²) in [5.41, 5.74) is 0.134. The van der Waals surface area contributed by atoms with E-state index in [1.54, 1.807) is 12.4 Å². The summed E-state index contributed by atoms with van der Waals surface area (Å²) in [5.74, 6) is -2.46. The molecule has 0 spiro atoms. The first kappa shape index (κ1) is 26.0. The first-order valence-electron chi connectivity index (χ1n) is 11.0. The van der Waals surface area contributed by atoms with Crippen molar-refractivity contribution >= 4 is 58.0 Å². The van der Waals surface area contributed by atoms with Gasteiger partial charge in [0.05, 0.1) is 0 Å². The highest BCUT2D eigenvalue weighted by molar-refractivity contribution is 8.00. The van der Waals surface area contributed by atoms with Crippen LogP contribution >= 0.6 is 23.3 Å². The maximum absolute atomic E-state index is 13.1. The molecule has 3 amide bonds. The standard InChI is InChI=1S/C21H21N7O7S2/c1-2-8-35-25-12(15-23-20(37-26-15)24-21(33)34)16(29)22-13-17(30)28-14(19(31)32)11(10-36-18(13)28)9-27-6-4-3-5-7-27/h3-7,13,18H,2,8-10H2,1H3,(H3-,22,23,24,26,29,31,32,33,34)/p+1/t13?,18-/m1/s1. The summed E-state index contributed by atoms with van der Waals surface area (Å²) in [6.45, 7) is 2.34. The van der Waals surface area contributed by atoms with Gasteiger partial charge in [0.1, 0.15) is 23.7 Å².